The largest absolute Gasteiger partial charge is 0.265 e. The van der Waals surface area contributed by atoms with Gasteiger partial charge < -0.3 is 0 Å². The van der Waals surface area contributed by atoms with Gasteiger partial charge in [-0.3, -0.25) is 4.98 Å². The second-order valence-electron chi connectivity index (χ2n) is 1.51. The van der Waals surface area contributed by atoms with Crippen LogP contribution in [-0.2, 0) is 5.75 Å². The zero-order valence-corrected chi connectivity index (χ0v) is 6.53. The van der Waals surface area contributed by atoms with E-state index in [1.165, 1.54) is 5.56 Å². The van der Waals surface area contributed by atoms with Crippen LogP contribution in [0.4, 0.5) is 0 Å². The highest BCUT2D eigenvalue weighted by Gasteiger charge is 1.81. The van der Waals surface area contributed by atoms with E-state index in [9.17, 15) is 0 Å². The molecular formula is C6H8ClNS. The number of thiol groups is 1. The molecule has 0 N–H and O–H groups in total. The number of nitrogens with zero attached hydrogens (tertiary/aromatic N) is 1. The third-order valence-electron chi connectivity index (χ3n) is 0.932. The predicted molar refractivity (Wildman–Crippen MR) is 44.2 cm³/mol. The summed E-state index contributed by atoms with van der Waals surface area (Å²) >= 11 is 4.08. The average molecular weight is 162 g/mol. The molecule has 0 aliphatic rings. The minimum atomic E-state index is 0. The van der Waals surface area contributed by atoms with Crippen molar-refractivity contribution in [1.82, 2.24) is 4.98 Å². The first-order valence-electron chi connectivity index (χ1n) is 2.43. The highest BCUT2D eigenvalue weighted by atomic mass is 35.5. The normalized spacial score (nSPS) is 8.11. The van der Waals surface area contributed by atoms with Crippen LogP contribution in [0.15, 0.2) is 24.5 Å². The van der Waals surface area contributed by atoms with Crippen molar-refractivity contribution in [2.45, 2.75) is 5.75 Å². The standard InChI is InChI=1S/C6H7NS.ClH/c8-5-6-1-3-7-4-2-6;/h1-4,8H,5H2;1H. The monoisotopic (exact) mass is 161 g/mol. The molecule has 0 atom stereocenters. The van der Waals surface area contributed by atoms with Crippen LogP contribution in [0.5, 0.6) is 0 Å². The summed E-state index contributed by atoms with van der Waals surface area (Å²) in [4.78, 5) is 3.86. The second kappa shape index (κ2) is 4.65. The highest BCUT2D eigenvalue weighted by Crippen LogP contribution is 1.98. The molecule has 50 valence electrons. The SMILES string of the molecule is Cl.SCc1ccncc1. The number of pyridine rings is 1. The van der Waals surface area contributed by atoms with Crippen molar-refractivity contribution in [3.63, 3.8) is 0 Å². The van der Waals surface area contributed by atoms with E-state index in [2.05, 4.69) is 17.6 Å². The van der Waals surface area contributed by atoms with E-state index in [1.807, 2.05) is 12.1 Å². The van der Waals surface area contributed by atoms with Crippen LogP contribution in [-0.4, -0.2) is 4.98 Å². The summed E-state index contributed by atoms with van der Waals surface area (Å²) in [6.45, 7) is 0. The molecule has 0 saturated heterocycles. The van der Waals surface area contributed by atoms with Crippen molar-refractivity contribution in [2.24, 2.45) is 0 Å². The van der Waals surface area contributed by atoms with E-state index in [0.717, 1.165) is 5.75 Å². The fourth-order valence-corrected chi connectivity index (χ4v) is 0.699. The molecule has 0 fully saturated rings. The molecule has 0 radical (unpaired) electrons. The van der Waals surface area contributed by atoms with Gasteiger partial charge in [-0.1, -0.05) is 0 Å². The van der Waals surface area contributed by atoms with E-state index in [-0.39, 0.29) is 12.4 Å². The van der Waals surface area contributed by atoms with Crippen LogP contribution >= 0.6 is 25.0 Å². The molecule has 0 unspecified atom stereocenters. The first kappa shape index (κ1) is 8.79. The Morgan fingerprint density at radius 1 is 1.33 bits per heavy atom. The van der Waals surface area contributed by atoms with E-state index < -0.39 is 0 Å². The summed E-state index contributed by atoms with van der Waals surface area (Å²) in [7, 11) is 0. The molecule has 0 spiro atoms. The minimum Gasteiger partial charge on any atom is -0.265 e. The molecular weight excluding hydrogens is 154 g/mol. The maximum absolute atomic E-state index is 4.08. The Hall–Kier alpha value is -0.210. The van der Waals surface area contributed by atoms with Gasteiger partial charge in [0.15, 0.2) is 0 Å². The van der Waals surface area contributed by atoms with Gasteiger partial charge in [-0.15, -0.1) is 12.4 Å². The van der Waals surface area contributed by atoms with Crippen molar-refractivity contribution in [1.29, 1.82) is 0 Å². The number of hydrogen-bond donors (Lipinski definition) is 1. The fraction of sp³-hybridized carbons (Fsp3) is 0.167. The van der Waals surface area contributed by atoms with Crippen molar-refractivity contribution >= 4 is 25.0 Å². The first-order chi connectivity index (χ1) is 3.93. The lowest BCUT2D eigenvalue weighted by molar-refractivity contribution is 1.27. The third kappa shape index (κ3) is 2.72. The van der Waals surface area contributed by atoms with Gasteiger partial charge in [0.2, 0.25) is 0 Å². The van der Waals surface area contributed by atoms with Crippen molar-refractivity contribution in [3.05, 3.63) is 30.1 Å². The van der Waals surface area contributed by atoms with Gasteiger partial charge in [-0.25, -0.2) is 0 Å². The lowest BCUT2D eigenvalue weighted by atomic mass is 10.3. The Labute approximate surface area is 66.3 Å². The molecule has 1 nitrogen and oxygen atoms in total. The van der Waals surface area contributed by atoms with Gasteiger partial charge in [-0.2, -0.15) is 12.6 Å². The molecule has 0 bridgehead atoms. The molecule has 1 heterocycles. The van der Waals surface area contributed by atoms with Crippen molar-refractivity contribution < 1.29 is 0 Å². The Balaban J connectivity index is 0.000000640. The van der Waals surface area contributed by atoms with Gasteiger partial charge in [0.1, 0.15) is 0 Å². The Bertz CT molecular complexity index is 154. The summed E-state index contributed by atoms with van der Waals surface area (Å²) in [6.07, 6.45) is 3.54. The number of rotatable bonds is 1. The van der Waals surface area contributed by atoms with Crippen molar-refractivity contribution in [2.75, 3.05) is 0 Å². The first-order valence-corrected chi connectivity index (χ1v) is 3.06. The number of hydrogen-bond acceptors (Lipinski definition) is 2. The van der Waals surface area contributed by atoms with Gasteiger partial charge in [-0.05, 0) is 17.7 Å². The maximum Gasteiger partial charge on any atom is 0.0270 e. The van der Waals surface area contributed by atoms with Crippen LogP contribution in [0.1, 0.15) is 5.56 Å². The molecule has 1 aromatic rings. The molecule has 9 heavy (non-hydrogen) atoms. The van der Waals surface area contributed by atoms with E-state index in [0.29, 0.717) is 0 Å². The minimum absolute atomic E-state index is 0. The molecule has 3 heteroatoms. The quantitative estimate of drug-likeness (QED) is 0.622. The fourth-order valence-electron chi connectivity index (χ4n) is 0.488. The lowest BCUT2D eigenvalue weighted by Crippen LogP contribution is -1.74. The third-order valence-corrected chi connectivity index (χ3v) is 1.30. The summed E-state index contributed by atoms with van der Waals surface area (Å²) in [5, 5.41) is 0. The van der Waals surface area contributed by atoms with Crippen LogP contribution < -0.4 is 0 Å². The maximum atomic E-state index is 4.08. The Kier molecular flexibility index (Phi) is 4.54. The second-order valence-corrected chi connectivity index (χ2v) is 1.83. The summed E-state index contributed by atoms with van der Waals surface area (Å²) in [6, 6.07) is 3.90. The van der Waals surface area contributed by atoms with Crippen LogP contribution in [0.25, 0.3) is 0 Å². The summed E-state index contributed by atoms with van der Waals surface area (Å²) < 4.78 is 0. The zero-order chi connectivity index (χ0) is 5.82. The topological polar surface area (TPSA) is 12.9 Å². The summed E-state index contributed by atoms with van der Waals surface area (Å²) in [5.74, 6) is 0.794. The molecule has 1 rings (SSSR count). The van der Waals surface area contributed by atoms with Crippen LogP contribution in [0, 0.1) is 0 Å². The lowest BCUT2D eigenvalue weighted by Gasteiger charge is -1.88. The van der Waals surface area contributed by atoms with Gasteiger partial charge in [0.05, 0.1) is 0 Å². The van der Waals surface area contributed by atoms with Gasteiger partial charge in [0.25, 0.3) is 0 Å². The smallest absolute Gasteiger partial charge is 0.0270 e. The van der Waals surface area contributed by atoms with Gasteiger partial charge in [0, 0.05) is 18.1 Å². The van der Waals surface area contributed by atoms with E-state index >= 15 is 0 Å². The van der Waals surface area contributed by atoms with Crippen molar-refractivity contribution in [3.8, 4) is 0 Å². The Morgan fingerprint density at radius 3 is 2.22 bits per heavy atom. The molecule has 1 aromatic heterocycles. The average Bonchev–Trinajstić information content (AvgIpc) is 1.90. The Morgan fingerprint density at radius 2 is 1.89 bits per heavy atom. The summed E-state index contributed by atoms with van der Waals surface area (Å²) in [5.41, 5.74) is 1.21. The predicted octanol–water partition coefficient (Wildman–Crippen LogP) is 1.93. The molecule has 0 amide bonds. The number of halogens is 1. The van der Waals surface area contributed by atoms with E-state index in [4.69, 9.17) is 0 Å². The zero-order valence-electron chi connectivity index (χ0n) is 4.82. The number of aromatic nitrogens is 1. The molecule has 0 saturated carbocycles. The van der Waals surface area contributed by atoms with E-state index in [1.54, 1.807) is 12.4 Å². The molecule has 0 aliphatic heterocycles. The molecule has 0 aromatic carbocycles. The molecule has 0 aliphatic carbocycles. The van der Waals surface area contributed by atoms with Gasteiger partial charge >= 0.3 is 0 Å². The van der Waals surface area contributed by atoms with Crippen LogP contribution in [0.2, 0.25) is 0 Å². The van der Waals surface area contributed by atoms with Crippen LogP contribution in [0.3, 0.4) is 0 Å². The highest BCUT2D eigenvalue weighted by molar-refractivity contribution is 7.79.